The van der Waals surface area contributed by atoms with Crippen molar-refractivity contribution in [3.63, 3.8) is 0 Å². The SMILES string of the molecule is Cc1ccccc1N1C[C@@H](C(=O)OCN2C(=O)c3ccccc3C2=O)CC1=O. The Bertz CT molecular complexity index is 965. The number of hydrogen-bond donors (Lipinski definition) is 0. The standard InChI is InChI=1S/C21H18N2O5/c1-13-6-2-5-9-17(13)22-11-14(10-18(22)24)21(27)28-12-23-19(25)15-7-3-4-8-16(15)20(23)26/h2-9,14H,10-12H2,1H3/t14-/m0/s1. The number of carbonyl (C=O) groups excluding carboxylic acids is 4. The zero-order chi connectivity index (χ0) is 19.8. The van der Waals surface area contributed by atoms with Gasteiger partial charge < -0.3 is 9.64 Å². The summed E-state index contributed by atoms with van der Waals surface area (Å²) in [5.74, 6) is -2.37. The molecule has 0 bridgehead atoms. The molecule has 1 saturated heterocycles. The second-order valence-corrected chi connectivity index (χ2v) is 6.87. The molecule has 0 aliphatic carbocycles. The summed E-state index contributed by atoms with van der Waals surface area (Å²) in [5, 5.41) is 0. The fourth-order valence-corrected chi connectivity index (χ4v) is 3.57. The Balaban J connectivity index is 1.40. The number of amides is 3. The van der Waals surface area contributed by atoms with E-state index in [0.29, 0.717) is 11.1 Å². The maximum atomic E-state index is 12.4. The van der Waals surface area contributed by atoms with E-state index in [4.69, 9.17) is 4.74 Å². The number of benzene rings is 2. The van der Waals surface area contributed by atoms with Crippen LogP contribution >= 0.6 is 0 Å². The zero-order valence-corrected chi connectivity index (χ0v) is 15.3. The van der Waals surface area contributed by atoms with Crippen LogP contribution in [0, 0.1) is 12.8 Å². The minimum absolute atomic E-state index is 0.0370. The van der Waals surface area contributed by atoms with Gasteiger partial charge in [0.15, 0.2) is 6.73 Å². The number of imide groups is 1. The summed E-state index contributed by atoms with van der Waals surface area (Å²) in [7, 11) is 0. The number of aryl methyl sites for hydroxylation is 1. The first kappa shape index (κ1) is 17.9. The Kier molecular flexibility index (Phi) is 4.43. The lowest BCUT2D eigenvalue weighted by atomic mass is 10.1. The molecule has 0 spiro atoms. The number of para-hydroxylation sites is 1. The van der Waals surface area contributed by atoms with Crippen molar-refractivity contribution in [1.82, 2.24) is 4.90 Å². The topological polar surface area (TPSA) is 84.0 Å². The van der Waals surface area contributed by atoms with Crippen molar-refractivity contribution in [2.75, 3.05) is 18.2 Å². The molecule has 2 aliphatic rings. The van der Waals surface area contributed by atoms with Crippen LogP contribution in [0.4, 0.5) is 5.69 Å². The monoisotopic (exact) mass is 378 g/mol. The number of rotatable bonds is 4. The highest BCUT2D eigenvalue weighted by molar-refractivity contribution is 6.21. The van der Waals surface area contributed by atoms with Crippen LogP contribution in [-0.4, -0.2) is 41.9 Å². The van der Waals surface area contributed by atoms with Crippen LogP contribution in [0.1, 0.15) is 32.7 Å². The molecule has 2 aliphatic heterocycles. The molecule has 7 nitrogen and oxygen atoms in total. The maximum absolute atomic E-state index is 12.4. The highest BCUT2D eigenvalue weighted by Crippen LogP contribution is 2.28. The van der Waals surface area contributed by atoms with Gasteiger partial charge in [-0.25, -0.2) is 4.90 Å². The summed E-state index contributed by atoms with van der Waals surface area (Å²) in [5.41, 5.74) is 2.30. The van der Waals surface area contributed by atoms with Gasteiger partial charge in [-0.3, -0.25) is 19.2 Å². The molecule has 4 rings (SSSR count). The van der Waals surface area contributed by atoms with Crippen molar-refractivity contribution < 1.29 is 23.9 Å². The van der Waals surface area contributed by atoms with Gasteiger partial charge in [0, 0.05) is 18.7 Å². The summed E-state index contributed by atoms with van der Waals surface area (Å²) < 4.78 is 5.21. The van der Waals surface area contributed by atoms with Gasteiger partial charge in [-0.2, -0.15) is 0 Å². The number of anilines is 1. The van der Waals surface area contributed by atoms with E-state index in [1.807, 2.05) is 31.2 Å². The predicted molar refractivity (Wildman–Crippen MR) is 99.5 cm³/mol. The molecule has 28 heavy (non-hydrogen) atoms. The van der Waals surface area contributed by atoms with Gasteiger partial charge in [-0.1, -0.05) is 30.3 Å². The average Bonchev–Trinajstić information content (AvgIpc) is 3.19. The lowest BCUT2D eigenvalue weighted by Gasteiger charge is -2.19. The van der Waals surface area contributed by atoms with Gasteiger partial charge in [0.25, 0.3) is 11.8 Å². The third kappa shape index (κ3) is 2.94. The Labute approximate surface area is 161 Å². The van der Waals surface area contributed by atoms with Crippen LogP contribution < -0.4 is 4.90 Å². The van der Waals surface area contributed by atoms with Gasteiger partial charge >= 0.3 is 5.97 Å². The van der Waals surface area contributed by atoms with Crippen LogP contribution in [0.25, 0.3) is 0 Å². The first-order chi connectivity index (χ1) is 13.5. The van der Waals surface area contributed by atoms with E-state index in [2.05, 4.69) is 0 Å². The Morgan fingerprint density at radius 3 is 2.25 bits per heavy atom. The number of nitrogens with zero attached hydrogens (tertiary/aromatic N) is 2. The largest absolute Gasteiger partial charge is 0.443 e. The van der Waals surface area contributed by atoms with Crippen molar-refractivity contribution in [3.8, 4) is 0 Å². The molecule has 2 aromatic carbocycles. The first-order valence-electron chi connectivity index (χ1n) is 8.95. The van der Waals surface area contributed by atoms with E-state index in [9.17, 15) is 19.2 Å². The normalized spacial score (nSPS) is 18.6. The number of carbonyl (C=O) groups is 4. The van der Waals surface area contributed by atoms with Gasteiger partial charge in [0.1, 0.15) is 0 Å². The van der Waals surface area contributed by atoms with Crippen LogP contribution in [0.2, 0.25) is 0 Å². The molecule has 7 heteroatoms. The number of fused-ring (bicyclic) bond motifs is 1. The zero-order valence-electron chi connectivity index (χ0n) is 15.3. The van der Waals surface area contributed by atoms with Crippen LogP contribution in [-0.2, 0) is 14.3 Å². The summed E-state index contributed by atoms with van der Waals surface area (Å²) in [6.07, 6.45) is 0.0370. The molecule has 2 heterocycles. The fraction of sp³-hybridized carbons (Fsp3) is 0.238. The molecule has 1 fully saturated rings. The van der Waals surface area contributed by atoms with Gasteiger partial charge in [-0.15, -0.1) is 0 Å². The second-order valence-electron chi connectivity index (χ2n) is 6.87. The van der Waals surface area contributed by atoms with Crippen molar-refractivity contribution in [1.29, 1.82) is 0 Å². The Morgan fingerprint density at radius 1 is 1.00 bits per heavy atom. The average molecular weight is 378 g/mol. The van der Waals surface area contributed by atoms with E-state index < -0.39 is 30.4 Å². The molecular weight excluding hydrogens is 360 g/mol. The predicted octanol–water partition coefficient (Wildman–Crippen LogP) is 2.14. The molecule has 142 valence electrons. The van der Waals surface area contributed by atoms with E-state index in [1.54, 1.807) is 29.2 Å². The molecule has 0 radical (unpaired) electrons. The molecular formula is C21H18N2O5. The number of ether oxygens (including phenoxy) is 1. The van der Waals surface area contributed by atoms with E-state index >= 15 is 0 Å². The van der Waals surface area contributed by atoms with E-state index in [0.717, 1.165) is 16.2 Å². The molecule has 2 aromatic rings. The van der Waals surface area contributed by atoms with Crippen molar-refractivity contribution in [3.05, 3.63) is 65.2 Å². The Hall–Kier alpha value is -3.48. The highest BCUT2D eigenvalue weighted by Gasteiger charge is 2.39. The first-order valence-corrected chi connectivity index (χ1v) is 8.95. The van der Waals surface area contributed by atoms with Gasteiger partial charge in [0.05, 0.1) is 17.0 Å². The van der Waals surface area contributed by atoms with Crippen LogP contribution in [0.5, 0.6) is 0 Å². The van der Waals surface area contributed by atoms with Gasteiger partial charge in [-0.05, 0) is 30.7 Å². The molecule has 0 aromatic heterocycles. The molecule has 1 atom stereocenters. The van der Waals surface area contributed by atoms with E-state index in [1.165, 1.54) is 0 Å². The molecule has 0 saturated carbocycles. The Morgan fingerprint density at radius 2 is 1.61 bits per heavy atom. The lowest BCUT2D eigenvalue weighted by molar-refractivity contribution is -0.151. The fourth-order valence-electron chi connectivity index (χ4n) is 3.57. The van der Waals surface area contributed by atoms with Gasteiger partial charge in [0.2, 0.25) is 5.91 Å². The minimum Gasteiger partial charge on any atom is -0.443 e. The molecule has 3 amide bonds. The quantitative estimate of drug-likeness (QED) is 0.601. The summed E-state index contributed by atoms with van der Waals surface area (Å²) >= 11 is 0. The molecule has 0 unspecified atom stereocenters. The van der Waals surface area contributed by atoms with Crippen LogP contribution in [0.3, 0.4) is 0 Å². The summed E-state index contributed by atoms with van der Waals surface area (Å²) in [6.45, 7) is 1.65. The van der Waals surface area contributed by atoms with Crippen LogP contribution in [0.15, 0.2) is 48.5 Å². The minimum atomic E-state index is -0.637. The molecule has 0 N–H and O–H groups in total. The van der Waals surface area contributed by atoms with E-state index in [-0.39, 0.29) is 18.9 Å². The lowest BCUT2D eigenvalue weighted by Crippen LogP contribution is -2.35. The van der Waals surface area contributed by atoms with Crippen molar-refractivity contribution in [2.24, 2.45) is 5.92 Å². The third-order valence-electron chi connectivity index (χ3n) is 5.08. The smallest absolute Gasteiger partial charge is 0.313 e. The third-order valence-corrected chi connectivity index (χ3v) is 5.08. The maximum Gasteiger partial charge on any atom is 0.313 e. The van der Waals surface area contributed by atoms with Crippen molar-refractivity contribution in [2.45, 2.75) is 13.3 Å². The summed E-state index contributed by atoms with van der Waals surface area (Å²) in [6, 6.07) is 13.9. The summed E-state index contributed by atoms with van der Waals surface area (Å²) in [4.78, 5) is 51.9. The highest BCUT2D eigenvalue weighted by atomic mass is 16.5. The second kappa shape index (κ2) is 6.92. The van der Waals surface area contributed by atoms with Crippen molar-refractivity contribution >= 4 is 29.4 Å². The number of hydrogen-bond acceptors (Lipinski definition) is 5. The number of esters is 1.